The van der Waals surface area contributed by atoms with Crippen molar-refractivity contribution in [2.75, 3.05) is 19.3 Å². The van der Waals surface area contributed by atoms with Gasteiger partial charge in [0.2, 0.25) is 0 Å². The molecule has 0 aromatic carbocycles. The predicted molar refractivity (Wildman–Crippen MR) is 97.1 cm³/mol. The van der Waals surface area contributed by atoms with Gasteiger partial charge >= 0.3 is 6.03 Å². The first-order chi connectivity index (χ1) is 11.8. The lowest BCUT2D eigenvalue weighted by Crippen LogP contribution is -2.44. The Morgan fingerprint density at radius 2 is 2.46 bits per heavy atom. The summed E-state index contributed by atoms with van der Waals surface area (Å²) in [6.45, 7) is 1.98. The van der Waals surface area contributed by atoms with Gasteiger partial charge in [0.25, 0.3) is 0 Å². The van der Waals surface area contributed by atoms with Crippen LogP contribution in [-0.2, 0) is 12.3 Å². The van der Waals surface area contributed by atoms with Gasteiger partial charge in [-0.05, 0) is 25.2 Å². The van der Waals surface area contributed by atoms with Crippen molar-refractivity contribution in [3.05, 3.63) is 40.4 Å². The maximum Gasteiger partial charge on any atom is 0.317 e. The van der Waals surface area contributed by atoms with E-state index in [2.05, 4.69) is 26.5 Å². The molecule has 128 valence electrons. The molecular formula is C16H21N5OS2. The van der Waals surface area contributed by atoms with E-state index in [0.717, 1.165) is 41.5 Å². The summed E-state index contributed by atoms with van der Waals surface area (Å²) in [5.41, 5.74) is 1.95. The molecule has 1 aliphatic rings. The number of likely N-dealkylation sites (tertiary alicyclic amines) is 1. The second-order valence-electron chi connectivity index (χ2n) is 5.74. The molecule has 1 fully saturated rings. The van der Waals surface area contributed by atoms with Gasteiger partial charge in [0.15, 0.2) is 0 Å². The van der Waals surface area contributed by atoms with Crippen LogP contribution in [0.25, 0.3) is 0 Å². The molecule has 8 heteroatoms. The topological polar surface area (TPSA) is 71.0 Å². The van der Waals surface area contributed by atoms with E-state index < -0.39 is 0 Å². The number of nitrogens with zero attached hydrogens (tertiary/aromatic N) is 4. The number of nitrogens with one attached hydrogen (secondary N) is 1. The van der Waals surface area contributed by atoms with E-state index in [0.29, 0.717) is 19.0 Å². The van der Waals surface area contributed by atoms with Crippen LogP contribution in [0.4, 0.5) is 4.79 Å². The maximum atomic E-state index is 12.4. The van der Waals surface area contributed by atoms with E-state index >= 15 is 0 Å². The third-order valence-corrected chi connectivity index (χ3v) is 5.66. The van der Waals surface area contributed by atoms with Gasteiger partial charge in [-0.15, -0.1) is 11.3 Å². The standard InChI is InChI=1S/C16H21N5OS2/c1-23-10-15-20-13(9-24-15)7-18-16(22)21-6-2-3-12(8-21)14-4-5-17-11-19-14/h4-5,9,11-12H,2-3,6-8,10H2,1H3,(H,18,22)/t12-/m1/s1. The number of rotatable bonds is 5. The van der Waals surface area contributed by atoms with Crippen molar-refractivity contribution in [2.45, 2.75) is 31.1 Å². The Kier molecular flexibility index (Phi) is 6.03. The van der Waals surface area contributed by atoms with E-state index in [1.54, 1.807) is 35.6 Å². The highest BCUT2D eigenvalue weighted by molar-refractivity contribution is 7.97. The molecule has 1 N–H and O–H groups in total. The zero-order valence-electron chi connectivity index (χ0n) is 13.6. The largest absolute Gasteiger partial charge is 0.332 e. The molecule has 1 aliphatic heterocycles. The molecule has 1 saturated heterocycles. The van der Waals surface area contributed by atoms with Crippen LogP contribution in [0, 0.1) is 0 Å². The van der Waals surface area contributed by atoms with Crippen LogP contribution < -0.4 is 5.32 Å². The van der Waals surface area contributed by atoms with Crippen molar-refractivity contribution in [3.63, 3.8) is 0 Å². The number of hydrogen-bond donors (Lipinski definition) is 1. The Morgan fingerprint density at radius 3 is 3.25 bits per heavy atom. The number of aromatic nitrogens is 3. The smallest absolute Gasteiger partial charge is 0.317 e. The lowest BCUT2D eigenvalue weighted by Gasteiger charge is -2.32. The van der Waals surface area contributed by atoms with E-state index in [1.807, 2.05) is 16.3 Å². The lowest BCUT2D eigenvalue weighted by molar-refractivity contribution is 0.178. The summed E-state index contributed by atoms with van der Waals surface area (Å²) >= 11 is 3.40. The van der Waals surface area contributed by atoms with Gasteiger partial charge in [-0.1, -0.05) is 0 Å². The highest BCUT2D eigenvalue weighted by Crippen LogP contribution is 2.25. The number of thioether (sulfide) groups is 1. The van der Waals surface area contributed by atoms with Crippen LogP contribution in [0.1, 0.15) is 35.2 Å². The molecule has 3 rings (SSSR count). The molecule has 2 aromatic heterocycles. The van der Waals surface area contributed by atoms with E-state index in [1.165, 1.54) is 0 Å². The quantitative estimate of drug-likeness (QED) is 0.884. The Balaban J connectivity index is 1.52. The zero-order chi connectivity index (χ0) is 16.8. The highest BCUT2D eigenvalue weighted by atomic mass is 32.2. The minimum atomic E-state index is -0.0202. The van der Waals surface area contributed by atoms with Gasteiger partial charge in [0.1, 0.15) is 11.3 Å². The third-order valence-electron chi connectivity index (χ3n) is 4.02. The first-order valence-electron chi connectivity index (χ1n) is 7.97. The van der Waals surface area contributed by atoms with Crippen LogP contribution in [0.2, 0.25) is 0 Å². The van der Waals surface area contributed by atoms with Crippen LogP contribution in [0.3, 0.4) is 0 Å². The number of hydrogen-bond acceptors (Lipinski definition) is 6. The molecule has 2 aromatic rings. The Labute approximate surface area is 150 Å². The van der Waals surface area contributed by atoms with Gasteiger partial charge in [-0.3, -0.25) is 0 Å². The minimum absolute atomic E-state index is 0.0202. The van der Waals surface area contributed by atoms with Crippen molar-refractivity contribution in [2.24, 2.45) is 0 Å². The normalized spacial score (nSPS) is 17.7. The van der Waals surface area contributed by atoms with E-state index in [4.69, 9.17) is 0 Å². The van der Waals surface area contributed by atoms with Crippen LogP contribution >= 0.6 is 23.1 Å². The summed E-state index contributed by atoms with van der Waals surface area (Å²) in [6.07, 6.45) is 7.45. The van der Waals surface area contributed by atoms with Crippen molar-refractivity contribution in [1.29, 1.82) is 0 Å². The number of urea groups is 1. The molecule has 3 heterocycles. The summed E-state index contributed by atoms with van der Waals surface area (Å²) in [6, 6.07) is 1.92. The number of thiazole rings is 1. The average molecular weight is 364 g/mol. The van der Waals surface area contributed by atoms with Gasteiger partial charge in [0.05, 0.1) is 12.2 Å². The van der Waals surface area contributed by atoms with Gasteiger partial charge in [-0.25, -0.2) is 19.7 Å². The maximum absolute atomic E-state index is 12.4. The lowest BCUT2D eigenvalue weighted by atomic mass is 9.95. The Morgan fingerprint density at radius 1 is 1.54 bits per heavy atom. The van der Waals surface area contributed by atoms with Crippen molar-refractivity contribution < 1.29 is 4.79 Å². The first-order valence-corrected chi connectivity index (χ1v) is 10.2. The van der Waals surface area contributed by atoms with Crippen molar-refractivity contribution >= 4 is 29.1 Å². The molecular weight excluding hydrogens is 342 g/mol. The molecule has 0 radical (unpaired) electrons. The van der Waals surface area contributed by atoms with Gasteiger partial charge in [0, 0.05) is 42.0 Å². The third kappa shape index (κ3) is 4.45. The summed E-state index contributed by atoms with van der Waals surface area (Å²) in [7, 11) is 0. The molecule has 0 saturated carbocycles. The molecule has 0 spiro atoms. The summed E-state index contributed by atoms with van der Waals surface area (Å²) in [5.74, 6) is 1.21. The van der Waals surface area contributed by atoms with Crippen LogP contribution in [0.15, 0.2) is 24.0 Å². The van der Waals surface area contributed by atoms with Crippen LogP contribution in [-0.4, -0.2) is 45.2 Å². The second kappa shape index (κ2) is 8.43. The summed E-state index contributed by atoms with van der Waals surface area (Å²) in [5, 5.41) is 6.11. The highest BCUT2D eigenvalue weighted by Gasteiger charge is 2.25. The minimum Gasteiger partial charge on any atom is -0.332 e. The Bertz CT molecular complexity index is 663. The van der Waals surface area contributed by atoms with E-state index in [9.17, 15) is 4.79 Å². The molecule has 1 atom stereocenters. The number of carbonyl (C=O) groups is 1. The molecule has 24 heavy (non-hydrogen) atoms. The summed E-state index contributed by atoms with van der Waals surface area (Å²) < 4.78 is 0. The molecule has 0 bridgehead atoms. The fourth-order valence-electron chi connectivity index (χ4n) is 2.84. The van der Waals surface area contributed by atoms with E-state index in [-0.39, 0.29) is 6.03 Å². The number of carbonyl (C=O) groups excluding carboxylic acids is 1. The predicted octanol–water partition coefficient (Wildman–Crippen LogP) is 2.89. The fourth-order valence-corrected chi connectivity index (χ4v) is 4.36. The Hall–Kier alpha value is -1.67. The number of amides is 2. The van der Waals surface area contributed by atoms with Crippen molar-refractivity contribution in [3.8, 4) is 0 Å². The fraction of sp³-hybridized carbons (Fsp3) is 0.500. The molecule has 2 amide bonds. The molecule has 0 unspecified atom stereocenters. The van der Waals surface area contributed by atoms with Gasteiger partial charge < -0.3 is 10.2 Å². The molecule has 6 nitrogen and oxygen atoms in total. The monoisotopic (exact) mass is 363 g/mol. The number of piperidine rings is 1. The SMILES string of the molecule is CSCc1nc(CNC(=O)N2CCC[C@@H](c3ccncn3)C2)cs1. The van der Waals surface area contributed by atoms with Gasteiger partial charge in [-0.2, -0.15) is 11.8 Å². The molecule has 0 aliphatic carbocycles. The second-order valence-corrected chi connectivity index (χ2v) is 7.55. The average Bonchev–Trinajstić information content (AvgIpc) is 3.08. The zero-order valence-corrected chi connectivity index (χ0v) is 15.3. The first kappa shape index (κ1) is 17.2. The van der Waals surface area contributed by atoms with Crippen LogP contribution in [0.5, 0.6) is 0 Å². The van der Waals surface area contributed by atoms with Crippen molar-refractivity contribution in [1.82, 2.24) is 25.2 Å². The summed E-state index contributed by atoms with van der Waals surface area (Å²) in [4.78, 5) is 27.1.